The minimum Gasteiger partial charge on any atom is -0.294 e. The first-order valence-electron chi connectivity index (χ1n) is 6.44. The summed E-state index contributed by atoms with van der Waals surface area (Å²) in [6, 6.07) is 17.5. The highest BCUT2D eigenvalue weighted by molar-refractivity contribution is 6.04. The fourth-order valence-corrected chi connectivity index (χ4v) is 2.11. The Morgan fingerprint density at radius 1 is 1.00 bits per heavy atom. The zero-order valence-corrected chi connectivity index (χ0v) is 11.4. The molecule has 96 valence electrons. The van der Waals surface area contributed by atoms with Crippen LogP contribution >= 0.6 is 0 Å². The second kappa shape index (κ2) is 5.66. The molecule has 0 aromatic heterocycles. The first-order valence-corrected chi connectivity index (χ1v) is 6.44. The van der Waals surface area contributed by atoms with E-state index in [1.54, 1.807) is 0 Å². The van der Waals surface area contributed by atoms with Crippen LogP contribution in [0.1, 0.15) is 28.4 Å². The third-order valence-corrected chi connectivity index (χ3v) is 3.36. The van der Waals surface area contributed by atoms with Gasteiger partial charge in [-0.2, -0.15) is 0 Å². The van der Waals surface area contributed by atoms with Crippen molar-refractivity contribution in [1.29, 1.82) is 0 Å². The average Bonchev–Trinajstić information content (AvgIpc) is 2.46. The Labute approximate surface area is 114 Å². The second-order valence-electron chi connectivity index (χ2n) is 4.85. The van der Waals surface area contributed by atoms with Crippen LogP contribution in [0.15, 0.2) is 61.2 Å². The number of hydrogen-bond donors (Lipinski definition) is 0. The van der Waals surface area contributed by atoms with E-state index in [0.717, 1.165) is 16.7 Å². The maximum Gasteiger partial charge on any atom is 0.170 e. The summed E-state index contributed by atoms with van der Waals surface area (Å²) >= 11 is 0. The number of carbonyl (C=O) groups excluding carboxylic acids is 1. The van der Waals surface area contributed by atoms with E-state index in [2.05, 4.69) is 12.6 Å². The zero-order valence-electron chi connectivity index (χ0n) is 11.4. The van der Waals surface area contributed by atoms with Gasteiger partial charge in [-0.3, -0.25) is 4.79 Å². The van der Waals surface area contributed by atoms with Crippen LogP contribution in [-0.4, -0.2) is 5.78 Å². The molecule has 0 amide bonds. The average molecular weight is 250 g/mol. The van der Waals surface area contributed by atoms with Gasteiger partial charge >= 0.3 is 0 Å². The van der Waals surface area contributed by atoms with Gasteiger partial charge in [0.1, 0.15) is 0 Å². The molecular formula is C18H18O. The Hall–Kier alpha value is -2.15. The van der Waals surface area contributed by atoms with E-state index in [4.69, 9.17) is 0 Å². The number of allylic oxidation sites excluding steroid dienone is 1. The summed E-state index contributed by atoms with van der Waals surface area (Å²) in [4.78, 5) is 12.4. The van der Waals surface area contributed by atoms with Gasteiger partial charge in [-0.15, -0.1) is 0 Å². The van der Waals surface area contributed by atoms with Crippen molar-refractivity contribution in [3.63, 3.8) is 0 Å². The van der Waals surface area contributed by atoms with E-state index < -0.39 is 0 Å². The Morgan fingerprint density at radius 2 is 1.63 bits per heavy atom. The van der Waals surface area contributed by atoms with Crippen LogP contribution < -0.4 is 0 Å². The maximum absolute atomic E-state index is 12.4. The third-order valence-electron chi connectivity index (χ3n) is 3.36. The van der Waals surface area contributed by atoms with Crippen molar-refractivity contribution >= 4 is 11.4 Å². The molecule has 0 aliphatic rings. The highest BCUT2D eigenvalue weighted by atomic mass is 16.1. The van der Waals surface area contributed by atoms with E-state index in [0.29, 0.717) is 0 Å². The minimum absolute atomic E-state index is 0.118. The first-order chi connectivity index (χ1) is 9.09. The normalized spacial score (nSPS) is 11.9. The van der Waals surface area contributed by atoms with Gasteiger partial charge in [-0.05, 0) is 18.1 Å². The molecule has 0 N–H and O–H groups in total. The highest BCUT2D eigenvalue weighted by Gasteiger charge is 2.18. The molecule has 19 heavy (non-hydrogen) atoms. The molecule has 2 aromatic rings. The molecule has 0 saturated carbocycles. The van der Waals surface area contributed by atoms with E-state index in [1.165, 1.54) is 5.56 Å². The Morgan fingerprint density at radius 3 is 2.26 bits per heavy atom. The largest absolute Gasteiger partial charge is 0.294 e. The van der Waals surface area contributed by atoms with Gasteiger partial charge in [0.15, 0.2) is 5.78 Å². The molecule has 0 radical (unpaired) electrons. The van der Waals surface area contributed by atoms with Crippen LogP contribution in [0.4, 0.5) is 0 Å². The van der Waals surface area contributed by atoms with E-state index in [9.17, 15) is 4.79 Å². The second-order valence-corrected chi connectivity index (χ2v) is 4.85. The molecule has 1 atom stereocenters. The minimum atomic E-state index is -0.204. The third kappa shape index (κ3) is 3.00. The molecule has 0 bridgehead atoms. The molecular weight excluding hydrogens is 232 g/mol. The molecule has 0 spiro atoms. The zero-order chi connectivity index (χ0) is 13.8. The number of benzene rings is 2. The summed E-state index contributed by atoms with van der Waals surface area (Å²) in [6.45, 7) is 8.05. The van der Waals surface area contributed by atoms with Gasteiger partial charge < -0.3 is 0 Å². The first kappa shape index (κ1) is 13.3. The Balaban J connectivity index is 2.23. The topological polar surface area (TPSA) is 17.1 Å². The van der Waals surface area contributed by atoms with Crippen molar-refractivity contribution in [3.05, 3.63) is 77.9 Å². The highest BCUT2D eigenvalue weighted by Crippen LogP contribution is 2.25. The summed E-state index contributed by atoms with van der Waals surface area (Å²) in [5, 5.41) is 0. The van der Waals surface area contributed by atoms with Crippen LogP contribution in [0.5, 0.6) is 0 Å². The van der Waals surface area contributed by atoms with Crippen molar-refractivity contribution in [2.24, 2.45) is 5.92 Å². The molecule has 0 aliphatic carbocycles. The SMILES string of the molecule is C=C(c1cccc(C)c1)C(C)C(=O)c1ccccc1. The summed E-state index contributed by atoms with van der Waals surface area (Å²) in [5.41, 5.74) is 3.83. The van der Waals surface area contributed by atoms with Crippen LogP contribution in [-0.2, 0) is 0 Å². The Bertz CT molecular complexity index is 596. The number of ketones is 1. The molecule has 2 aromatic carbocycles. The molecule has 1 nitrogen and oxygen atoms in total. The predicted octanol–water partition coefficient (Wildman–Crippen LogP) is 4.53. The van der Waals surface area contributed by atoms with Gasteiger partial charge in [0.25, 0.3) is 0 Å². The molecule has 1 unspecified atom stereocenters. The quantitative estimate of drug-likeness (QED) is 0.729. The van der Waals surface area contributed by atoms with E-state index >= 15 is 0 Å². The lowest BCUT2D eigenvalue weighted by atomic mass is 9.88. The van der Waals surface area contributed by atoms with Crippen molar-refractivity contribution in [3.8, 4) is 0 Å². The van der Waals surface area contributed by atoms with E-state index in [-0.39, 0.29) is 11.7 Å². The van der Waals surface area contributed by atoms with Gasteiger partial charge in [-0.1, -0.05) is 73.7 Å². The van der Waals surface area contributed by atoms with Crippen molar-refractivity contribution in [2.75, 3.05) is 0 Å². The molecule has 0 aliphatic heterocycles. The van der Waals surface area contributed by atoms with Crippen molar-refractivity contribution in [2.45, 2.75) is 13.8 Å². The van der Waals surface area contributed by atoms with Crippen LogP contribution in [0.3, 0.4) is 0 Å². The fraction of sp³-hybridized carbons (Fsp3) is 0.167. The lowest BCUT2D eigenvalue weighted by Crippen LogP contribution is -2.12. The van der Waals surface area contributed by atoms with Gasteiger partial charge in [0.05, 0.1) is 0 Å². The van der Waals surface area contributed by atoms with Crippen LogP contribution in [0.25, 0.3) is 5.57 Å². The number of aryl methyl sites for hydroxylation is 1. The van der Waals surface area contributed by atoms with Gasteiger partial charge in [0.2, 0.25) is 0 Å². The van der Waals surface area contributed by atoms with Crippen LogP contribution in [0.2, 0.25) is 0 Å². The van der Waals surface area contributed by atoms with Crippen molar-refractivity contribution < 1.29 is 4.79 Å². The molecule has 0 fully saturated rings. The number of Topliss-reactive ketones (excluding diaryl/α,β-unsaturated/α-hetero) is 1. The molecule has 1 heteroatoms. The lowest BCUT2D eigenvalue weighted by Gasteiger charge is -2.14. The summed E-state index contributed by atoms with van der Waals surface area (Å²) in [7, 11) is 0. The number of rotatable bonds is 4. The molecule has 2 rings (SSSR count). The monoisotopic (exact) mass is 250 g/mol. The van der Waals surface area contributed by atoms with Crippen molar-refractivity contribution in [1.82, 2.24) is 0 Å². The predicted molar refractivity (Wildman–Crippen MR) is 80.1 cm³/mol. The summed E-state index contributed by atoms with van der Waals surface area (Å²) < 4.78 is 0. The fourth-order valence-electron chi connectivity index (χ4n) is 2.11. The van der Waals surface area contributed by atoms with Gasteiger partial charge in [-0.25, -0.2) is 0 Å². The molecule has 0 saturated heterocycles. The van der Waals surface area contributed by atoms with Crippen LogP contribution in [0, 0.1) is 12.8 Å². The number of carbonyl (C=O) groups is 1. The summed E-state index contributed by atoms with van der Waals surface area (Å²) in [5.74, 6) is -0.0868. The van der Waals surface area contributed by atoms with Gasteiger partial charge in [0, 0.05) is 11.5 Å². The lowest BCUT2D eigenvalue weighted by molar-refractivity contribution is 0.0958. The smallest absolute Gasteiger partial charge is 0.170 e. The van der Waals surface area contributed by atoms with E-state index in [1.807, 2.05) is 62.4 Å². The maximum atomic E-state index is 12.4. The standard InChI is InChI=1S/C18H18O/c1-13-8-7-11-17(12-13)14(2)15(3)18(19)16-9-5-4-6-10-16/h4-12,15H,2H2,1,3H3. The summed E-state index contributed by atoms with van der Waals surface area (Å²) in [6.07, 6.45) is 0. The number of hydrogen-bond acceptors (Lipinski definition) is 1. The molecule has 0 heterocycles. The Kier molecular flexibility index (Phi) is 3.96.